The van der Waals surface area contributed by atoms with E-state index in [1.807, 2.05) is 0 Å². The Kier molecular flexibility index (Phi) is 3.86. The molecule has 0 spiro atoms. The molecule has 0 atom stereocenters. The van der Waals surface area contributed by atoms with Crippen molar-refractivity contribution in [1.82, 2.24) is 4.98 Å². The Hall–Kier alpha value is -2.76. The lowest BCUT2D eigenvalue weighted by Crippen LogP contribution is -2.06. The second kappa shape index (κ2) is 6.13. The van der Waals surface area contributed by atoms with Crippen LogP contribution in [0.1, 0.15) is 23.3 Å². The van der Waals surface area contributed by atoms with Gasteiger partial charge in [-0.2, -0.15) is 0 Å². The third kappa shape index (κ3) is 3.62. The van der Waals surface area contributed by atoms with E-state index in [-0.39, 0.29) is 24.3 Å². The fraction of sp³-hybridized carbons (Fsp3) is 0.133. The van der Waals surface area contributed by atoms with Crippen molar-refractivity contribution in [3.63, 3.8) is 0 Å². The number of nitrogens with zero attached hydrogens (tertiary/aromatic N) is 1. The molecule has 0 aliphatic rings. The SMILES string of the molecule is [2H]OC(=O)CCC(=O)c1ncc(-c2cccc(F)c2)cc1O. The van der Waals surface area contributed by atoms with E-state index >= 15 is 0 Å². The van der Waals surface area contributed by atoms with Crippen LogP contribution in [-0.4, -0.2) is 27.0 Å². The maximum Gasteiger partial charge on any atom is 0.303 e. The van der Waals surface area contributed by atoms with Gasteiger partial charge in [-0.3, -0.25) is 9.59 Å². The van der Waals surface area contributed by atoms with Gasteiger partial charge in [0.15, 0.2) is 5.78 Å². The number of hydrogen-bond acceptors (Lipinski definition) is 5. The Morgan fingerprint density at radius 2 is 2.05 bits per heavy atom. The monoisotopic (exact) mass is 290 g/mol. The molecule has 0 bridgehead atoms. The molecule has 2 rings (SSSR count). The number of aliphatic carboxylic acids is 1. The van der Waals surface area contributed by atoms with Crippen LogP contribution in [-0.2, 0) is 4.79 Å². The second-order valence-corrected chi connectivity index (χ2v) is 4.40. The molecule has 5 nitrogen and oxygen atoms in total. The number of aromatic nitrogens is 1. The second-order valence-electron chi connectivity index (χ2n) is 4.40. The van der Waals surface area contributed by atoms with Gasteiger partial charge in [0, 0.05) is 18.2 Å². The zero-order valence-electron chi connectivity index (χ0n) is 11.9. The largest absolute Gasteiger partial charge is 0.506 e. The fourth-order valence-electron chi connectivity index (χ4n) is 1.83. The summed E-state index contributed by atoms with van der Waals surface area (Å²) in [5, 5.41) is 13.6. The predicted molar refractivity (Wildman–Crippen MR) is 72.5 cm³/mol. The molecule has 0 unspecified atom stereocenters. The topological polar surface area (TPSA) is 87.5 Å². The number of carboxylic acid groups (broad SMARTS) is 1. The third-order valence-corrected chi connectivity index (χ3v) is 2.85. The first-order valence-electron chi connectivity index (χ1n) is 6.56. The van der Waals surface area contributed by atoms with Gasteiger partial charge in [0.05, 0.1) is 6.42 Å². The number of benzene rings is 1. The van der Waals surface area contributed by atoms with E-state index in [0.717, 1.165) is 0 Å². The highest BCUT2D eigenvalue weighted by Gasteiger charge is 2.15. The molecule has 6 heteroatoms. The summed E-state index contributed by atoms with van der Waals surface area (Å²) in [5.41, 5.74) is 0.789. The molecule has 1 aromatic heterocycles. The number of carboxylic acids is 1. The van der Waals surface area contributed by atoms with Gasteiger partial charge in [-0.15, -0.1) is 0 Å². The van der Waals surface area contributed by atoms with E-state index in [9.17, 15) is 19.1 Å². The van der Waals surface area contributed by atoms with Crippen LogP contribution in [0.4, 0.5) is 4.39 Å². The molecule has 0 radical (unpaired) electrons. The molecule has 0 amide bonds. The van der Waals surface area contributed by atoms with Gasteiger partial charge >= 0.3 is 5.97 Å². The number of Topliss-reactive ketones (excluding diaryl/α,β-unsaturated/α-hetero) is 1. The van der Waals surface area contributed by atoms with Crippen LogP contribution >= 0.6 is 0 Å². The summed E-state index contributed by atoms with van der Waals surface area (Å²) in [5.74, 6) is -2.17. The Morgan fingerprint density at radius 1 is 1.24 bits per heavy atom. The predicted octanol–water partition coefficient (Wildman–Crippen LogP) is 2.64. The quantitative estimate of drug-likeness (QED) is 0.826. The first-order chi connectivity index (χ1) is 10.5. The summed E-state index contributed by atoms with van der Waals surface area (Å²) in [7, 11) is 0. The molecule has 21 heavy (non-hydrogen) atoms. The van der Waals surface area contributed by atoms with Crippen LogP contribution in [0.3, 0.4) is 0 Å². The Labute approximate surface area is 121 Å². The van der Waals surface area contributed by atoms with E-state index in [4.69, 9.17) is 1.43 Å². The van der Waals surface area contributed by atoms with E-state index in [1.54, 1.807) is 6.07 Å². The average molecular weight is 290 g/mol. The van der Waals surface area contributed by atoms with Crippen molar-refractivity contribution in [3.8, 4) is 16.9 Å². The summed E-state index contributed by atoms with van der Waals surface area (Å²) in [6.45, 7) is 0. The molecular weight excluding hydrogens is 277 g/mol. The third-order valence-electron chi connectivity index (χ3n) is 2.85. The summed E-state index contributed by atoms with van der Waals surface area (Å²) in [6.07, 6.45) is 0.844. The van der Waals surface area contributed by atoms with Crippen LogP contribution < -0.4 is 0 Å². The summed E-state index contributed by atoms with van der Waals surface area (Å²) in [4.78, 5) is 26.5. The molecule has 108 valence electrons. The molecule has 0 saturated heterocycles. The number of rotatable bonds is 5. The van der Waals surface area contributed by atoms with Gasteiger partial charge in [0.25, 0.3) is 1.43 Å². The molecule has 2 N–H and O–H groups in total. The molecule has 0 fully saturated rings. The zero-order chi connectivity index (χ0) is 16.1. The molecule has 0 aliphatic heterocycles. The van der Waals surface area contributed by atoms with E-state index in [0.29, 0.717) is 11.1 Å². The van der Waals surface area contributed by atoms with Crippen molar-refractivity contribution in [1.29, 1.82) is 1.43 Å². The fourth-order valence-corrected chi connectivity index (χ4v) is 1.83. The zero-order valence-corrected chi connectivity index (χ0v) is 10.9. The minimum absolute atomic E-state index is 0.182. The van der Waals surface area contributed by atoms with Crippen LogP contribution in [0.5, 0.6) is 5.75 Å². The van der Waals surface area contributed by atoms with Crippen molar-refractivity contribution in [3.05, 3.63) is 48.0 Å². The van der Waals surface area contributed by atoms with Crippen molar-refractivity contribution in [2.24, 2.45) is 0 Å². The molecule has 2 aromatic rings. The molecule has 1 aromatic carbocycles. The van der Waals surface area contributed by atoms with Crippen molar-refractivity contribution >= 4 is 11.8 Å². The minimum atomic E-state index is -0.843. The number of carbonyl (C=O) groups excluding carboxylic acids is 1. The maximum absolute atomic E-state index is 13.2. The lowest BCUT2D eigenvalue weighted by atomic mass is 10.1. The normalized spacial score (nSPS) is 10.8. The number of aromatic hydroxyl groups is 1. The Bertz CT molecular complexity index is 720. The van der Waals surface area contributed by atoms with Gasteiger partial charge in [0.2, 0.25) is 0 Å². The van der Waals surface area contributed by atoms with Gasteiger partial charge in [-0.1, -0.05) is 12.1 Å². The molecule has 1 heterocycles. The van der Waals surface area contributed by atoms with E-state index in [2.05, 4.69) is 10.1 Å². The van der Waals surface area contributed by atoms with E-state index in [1.165, 1.54) is 30.5 Å². The molecule has 0 aliphatic carbocycles. The van der Waals surface area contributed by atoms with Crippen LogP contribution in [0.25, 0.3) is 12.6 Å². The number of halogens is 1. The van der Waals surface area contributed by atoms with Crippen molar-refractivity contribution in [2.45, 2.75) is 12.8 Å². The van der Waals surface area contributed by atoms with Gasteiger partial charge < -0.3 is 10.2 Å². The van der Waals surface area contributed by atoms with Crippen LogP contribution in [0, 0.1) is 5.82 Å². The number of ketones is 1. The smallest absolute Gasteiger partial charge is 0.303 e. The highest BCUT2D eigenvalue weighted by Crippen LogP contribution is 2.26. The average Bonchev–Trinajstić information content (AvgIpc) is 2.52. The summed E-state index contributed by atoms with van der Waals surface area (Å²) < 4.78 is 19.6. The highest BCUT2D eigenvalue weighted by molar-refractivity contribution is 5.98. The maximum atomic E-state index is 13.2. The van der Waals surface area contributed by atoms with Gasteiger partial charge in [-0.05, 0) is 23.8 Å². The summed E-state index contributed by atoms with van der Waals surface area (Å²) in [6, 6.07) is 7.04. The molecule has 0 saturated carbocycles. The van der Waals surface area contributed by atoms with Gasteiger partial charge in [-0.25, -0.2) is 9.37 Å². The lowest BCUT2D eigenvalue weighted by Gasteiger charge is -2.06. The van der Waals surface area contributed by atoms with E-state index < -0.39 is 17.6 Å². The number of carbonyl (C=O) groups is 2. The first-order valence-corrected chi connectivity index (χ1v) is 6.15. The minimum Gasteiger partial charge on any atom is -0.506 e. The standard InChI is InChI=1S/C15H12FNO4/c16-11-3-1-2-9(6-11)10-7-13(19)15(17-8-10)12(18)4-5-14(20)21/h1-3,6-8,19H,4-5H2,(H,20,21)/i/hD. The summed E-state index contributed by atoms with van der Waals surface area (Å²) >= 11 is 0. The lowest BCUT2D eigenvalue weighted by molar-refractivity contribution is -0.136. The van der Waals surface area contributed by atoms with Gasteiger partial charge in [0.1, 0.15) is 17.3 Å². The Morgan fingerprint density at radius 3 is 2.71 bits per heavy atom. The molecular formula is C15H12FNO4. The van der Waals surface area contributed by atoms with Crippen molar-refractivity contribution < 1.29 is 24.2 Å². The Balaban J connectivity index is 2.19. The first kappa shape index (κ1) is 13.2. The number of hydrogen-bond donors (Lipinski definition) is 2. The van der Waals surface area contributed by atoms with Crippen LogP contribution in [0.2, 0.25) is 0 Å². The highest BCUT2D eigenvalue weighted by atomic mass is 19.1. The van der Waals surface area contributed by atoms with Crippen LogP contribution in [0.15, 0.2) is 36.5 Å². The van der Waals surface area contributed by atoms with Crippen molar-refractivity contribution in [2.75, 3.05) is 0 Å². The number of pyridine rings is 1.